The fraction of sp³-hybridized carbons (Fsp3) is 0.448. The standard InChI is InChI=1S/C29H33N5O4/c1-19-2-8-23(9-3-19)32-28(36)25-26(35)24-16-22(21-6-4-20(17-30)5-7-21)18-31-27(24)34(29(25)37)11-10-33-12-14-38-15-13-33/h4-7,16,18-19,23,35H,2-3,8-15H2,1H3,(H,32,36). The summed E-state index contributed by atoms with van der Waals surface area (Å²) >= 11 is 0. The third-order valence-electron chi connectivity index (χ3n) is 7.74. The molecule has 38 heavy (non-hydrogen) atoms. The Morgan fingerprint density at radius 1 is 1.13 bits per heavy atom. The molecule has 0 radical (unpaired) electrons. The van der Waals surface area contributed by atoms with Gasteiger partial charge >= 0.3 is 0 Å². The van der Waals surface area contributed by atoms with Gasteiger partial charge in [-0.05, 0) is 55.4 Å². The van der Waals surface area contributed by atoms with Crippen LogP contribution in [0, 0.1) is 17.2 Å². The van der Waals surface area contributed by atoms with Crippen molar-refractivity contribution < 1.29 is 14.6 Å². The van der Waals surface area contributed by atoms with E-state index in [1.807, 2.05) is 12.1 Å². The number of aromatic nitrogens is 2. The van der Waals surface area contributed by atoms with Gasteiger partial charge in [-0.3, -0.25) is 19.1 Å². The van der Waals surface area contributed by atoms with E-state index in [2.05, 4.69) is 28.2 Å². The summed E-state index contributed by atoms with van der Waals surface area (Å²) in [6, 6.07) is 10.9. The highest BCUT2D eigenvalue weighted by Gasteiger charge is 2.27. The zero-order valence-electron chi connectivity index (χ0n) is 21.7. The third-order valence-corrected chi connectivity index (χ3v) is 7.74. The summed E-state index contributed by atoms with van der Waals surface area (Å²) < 4.78 is 6.94. The Kier molecular flexibility index (Phi) is 7.72. The van der Waals surface area contributed by atoms with E-state index in [0.717, 1.165) is 44.3 Å². The lowest BCUT2D eigenvalue weighted by Crippen LogP contribution is -2.42. The lowest BCUT2D eigenvalue weighted by Gasteiger charge is -2.28. The molecule has 2 aromatic heterocycles. The van der Waals surface area contributed by atoms with Gasteiger partial charge in [0.15, 0.2) is 0 Å². The molecule has 1 saturated heterocycles. The Hall–Kier alpha value is -3.74. The van der Waals surface area contributed by atoms with Crippen molar-refractivity contribution in [3.63, 3.8) is 0 Å². The van der Waals surface area contributed by atoms with Crippen LogP contribution >= 0.6 is 0 Å². The minimum Gasteiger partial charge on any atom is -0.506 e. The van der Waals surface area contributed by atoms with Crippen molar-refractivity contribution >= 4 is 16.9 Å². The average Bonchev–Trinajstić information content (AvgIpc) is 2.95. The highest BCUT2D eigenvalue weighted by Crippen LogP contribution is 2.31. The van der Waals surface area contributed by atoms with Crippen LogP contribution in [0.4, 0.5) is 0 Å². The van der Waals surface area contributed by atoms with Crippen molar-refractivity contribution in [1.82, 2.24) is 19.8 Å². The molecule has 9 nitrogen and oxygen atoms in total. The van der Waals surface area contributed by atoms with Gasteiger partial charge in [0.1, 0.15) is 17.0 Å². The summed E-state index contributed by atoms with van der Waals surface area (Å²) in [5, 5.41) is 23.7. The van der Waals surface area contributed by atoms with Gasteiger partial charge in [-0.1, -0.05) is 19.1 Å². The Morgan fingerprint density at radius 2 is 1.84 bits per heavy atom. The molecule has 1 aliphatic carbocycles. The number of nitrogens with zero attached hydrogens (tertiary/aromatic N) is 4. The van der Waals surface area contributed by atoms with Crippen molar-refractivity contribution in [3.8, 4) is 22.9 Å². The van der Waals surface area contributed by atoms with Crippen molar-refractivity contribution in [2.45, 2.75) is 45.2 Å². The molecule has 1 amide bonds. The van der Waals surface area contributed by atoms with Crippen molar-refractivity contribution in [2.24, 2.45) is 5.92 Å². The van der Waals surface area contributed by atoms with E-state index >= 15 is 0 Å². The van der Waals surface area contributed by atoms with E-state index in [9.17, 15) is 14.7 Å². The molecule has 0 spiro atoms. The van der Waals surface area contributed by atoms with Crippen LogP contribution in [0.15, 0.2) is 41.3 Å². The summed E-state index contributed by atoms with van der Waals surface area (Å²) in [4.78, 5) is 33.9. The molecule has 3 heterocycles. The second-order valence-electron chi connectivity index (χ2n) is 10.3. The number of aromatic hydroxyl groups is 1. The Balaban J connectivity index is 1.55. The van der Waals surface area contributed by atoms with Crippen LogP contribution in [0.3, 0.4) is 0 Å². The first-order chi connectivity index (χ1) is 18.4. The van der Waals surface area contributed by atoms with Gasteiger partial charge in [0.2, 0.25) is 0 Å². The summed E-state index contributed by atoms with van der Waals surface area (Å²) in [6.45, 7) is 5.97. The van der Waals surface area contributed by atoms with E-state index in [4.69, 9.17) is 10.00 Å². The minimum atomic E-state index is -0.544. The number of pyridine rings is 2. The van der Waals surface area contributed by atoms with E-state index in [1.54, 1.807) is 24.4 Å². The number of rotatable bonds is 6. The lowest BCUT2D eigenvalue weighted by molar-refractivity contribution is 0.0364. The molecule has 9 heteroatoms. The lowest BCUT2D eigenvalue weighted by atomic mass is 9.87. The zero-order valence-corrected chi connectivity index (χ0v) is 21.7. The SMILES string of the molecule is CC1CCC(NC(=O)c2c(O)c3cc(-c4ccc(C#N)cc4)cnc3n(CCN3CCOCC3)c2=O)CC1. The zero-order chi connectivity index (χ0) is 26.6. The third kappa shape index (κ3) is 5.42. The molecule has 0 bridgehead atoms. The largest absolute Gasteiger partial charge is 0.506 e. The van der Waals surface area contributed by atoms with E-state index in [0.29, 0.717) is 54.4 Å². The average molecular weight is 516 g/mol. The van der Waals surface area contributed by atoms with Crippen LogP contribution in [0.25, 0.3) is 22.2 Å². The Morgan fingerprint density at radius 3 is 2.53 bits per heavy atom. The molecule has 2 N–H and O–H groups in total. The molecule has 2 aliphatic rings. The molecule has 1 saturated carbocycles. The smallest absolute Gasteiger partial charge is 0.268 e. The van der Waals surface area contributed by atoms with Crippen molar-refractivity contribution in [2.75, 3.05) is 32.8 Å². The number of carbonyl (C=O) groups excluding carboxylic acids is 1. The summed E-state index contributed by atoms with van der Waals surface area (Å²) in [5.74, 6) is -0.267. The second-order valence-corrected chi connectivity index (χ2v) is 10.3. The number of benzene rings is 1. The molecule has 5 rings (SSSR count). The number of hydrogen-bond donors (Lipinski definition) is 2. The van der Waals surface area contributed by atoms with Crippen LogP contribution in [0.2, 0.25) is 0 Å². The van der Waals surface area contributed by atoms with E-state index in [-0.39, 0.29) is 17.4 Å². The van der Waals surface area contributed by atoms with Crippen molar-refractivity contribution in [1.29, 1.82) is 5.26 Å². The molecular formula is C29H33N5O4. The van der Waals surface area contributed by atoms with Crippen LogP contribution in [-0.2, 0) is 11.3 Å². The first-order valence-electron chi connectivity index (χ1n) is 13.3. The van der Waals surface area contributed by atoms with Gasteiger partial charge < -0.3 is 15.2 Å². The molecule has 198 valence electrons. The van der Waals surface area contributed by atoms with Gasteiger partial charge in [0, 0.05) is 44.0 Å². The highest BCUT2D eigenvalue weighted by atomic mass is 16.5. The number of nitriles is 1. The predicted octanol–water partition coefficient (Wildman–Crippen LogP) is 3.28. The van der Waals surface area contributed by atoms with Crippen molar-refractivity contribution in [3.05, 3.63) is 58.0 Å². The maximum absolute atomic E-state index is 13.7. The van der Waals surface area contributed by atoms with Crippen LogP contribution < -0.4 is 10.9 Å². The molecular weight excluding hydrogens is 482 g/mol. The first-order valence-corrected chi connectivity index (χ1v) is 13.3. The van der Waals surface area contributed by atoms with Crippen LogP contribution in [0.1, 0.15) is 48.5 Å². The second kappa shape index (κ2) is 11.3. The summed E-state index contributed by atoms with van der Waals surface area (Å²) in [5.41, 5.74) is 1.62. The molecule has 3 aromatic rings. The van der Waals surface area contributed by atoms with Gasteiger partial charge in [0.05, 0.1) is 30.2 Å². The number of carbonyl (C=O) groups is 1. The fourth-order valence-electron chi connectivity index (χ4n) is 5.35. The van der Waals surface area contributed by atoms with Gasteiger partial charge in [0.25, 0.3) is 11.5 Å². The molecule has 2 fully saturated rings. The number of fused-ring (bicyclic) bond motifs is 1. The number of nitrogens with one attached hydrogen (secondary N) is 1. The van der Waals surface area contributed by atoms with Gasteiger partial charge in [-0.2, -0.15) is 5.26 Å². The fourth-order valence-corrected chi connectivity index (χ4v) is 5.35. The number of hydrogen-bond acceptors (Lipinski definition) is 7. The predicted molar refractivity (Wildman–Crippen MR) is 144 cm³/mol. The van der Waals surface area contributed by atoms with Gasteiger partial charge in [-0.25, -0.2) is 4.98 Å². The first kappa shape index (κ1) is 25.9. The highest BCUT2D eigenvalue weighted by molar-refractivity contribution is 6.02. The molecule has 1 aromatic carbocycles. The van der Waals surface area contributed by atoms with Crippen LogP contribution in [-0.4, -0.2) is 64.4 Å². The Labute approximate surface area is 221 Å². The minimum absolute atomic E-state index is 0.0156. The monoisotopic (exact) mass is 515 g/mol. The Bertz CT molecular complexity index is 1410. The quantitative estimate of drug-likeness (QED) is 0.517. The molecule has 0 atom stereocenters. The maximum atomic E-state index is 13.7. The normalized spacial score (nSPS) is 20.2. The van der Waals surface area contributed by atoms with Gasteiger partial charge in [-0.15, -0.1) is 0 Å². The maximum Gasteiger partial charge on any atom is 0.268 e. The number of morpholine rings is 1. The number of amides is 1. The van der Waals surface area contributed by atoms with E-state index in [1.165, 1.54) is 4.57 Å². The van der Waals surface area contributed by atoms with E-state index < -0.39 is 11.5 Å². The number of ether oxygens (including phenoxy) is 1. The summed E-state index contributed by atoms with van der Waals surface area (Å²) in [6.07, 6.45) is 5.41. The molecule has 1 aliphatic heterocycles. The molecule has 0 unspecified atom stereocenters. The topological polar surface area (TPSA) is 120 Å². The van der Waals surface area contributed by atoms with Crippen LogP contribution in [0.5, 0.6) is 5.75 Å². The summed E-state index contributed by atoms with van der Waals surface area (Å²) in [7, 11) is 0.